The zero-order chi connectivity index (χ0) is 13.0. The molecule has 0 amide bonds. The van der Waals surface area contributed by atoms with Gasteiger partial charge in [0.05, 0.1) is 6.61 Å². The molecule has 0 bridgehead atoms. The molecule has 0 saturated heterocycles. The van der Waals surface area contributed by atoms with Gasteiger partial charge < -0.3 is 10.1 Å². The first kappa shape index (κ1) is 12.9. The van der Waals surface area contributed by atoms with Gasteiger partial charge in [-0.15, -0.1) is 0 Å². The Morgan fingerprint density at radius 3 is 2.56 bits per heavy atom. The highest BCUT2D eigenvalue weighted by atomic mass is 16.5. The van der Waals surface area contributed by atoms with Crippen molar-refractivity contribution in [3.05, 3.63) is 42.5 Å². The van der Waals surface area contributed by atoms with E-state index in [-0.39, 0.29) is 5.41 Å². The second-order valence-corrected chi connectivity index (χ2v) is 5.46. The second kappa shape index (κ2) is 5.40. The maximum atomic E-state index is 6.00. The van der Waals surface area contributed by atoms with Crippen molar-refractivity contribution in [2.75, 3.05) is 20.2 Å². The molecule has 18 heavy (non-hydrogen) atoms. The lowest BCUT2D eigenvalue weighted by Crippen LogP contribution is -2.32. The van der Waals surface area contributed by atoms with Gasteiger partial charge in [-0.1, -0.05) is 50.2 Å². The summed E-state index contributed by atoms with van der Waals surface area (Å²) in [5, 5.41) is 5.61. The van der Waals surface area contributed by atoms with Gasteiger partial charge in [-0.05, 0) is 18.5 Å². The summed E-state index contributed by atoms with van der Waals surface area (Å²) in [5.41, 5.74) is 0.131. The van der Waals surface area contributed by atoms with E-state index in [1.54, 1.807) is 0 Å². The van der Waals surface area contributed by atoms with Crippen LogP contribution in [0.25, 0.3) is 10.8 Å². The van der Waals surface area contributed by atoms with Crippen LogP contribution in [0.5, 0.6) is 5.75 Å². The zero-order valence-corrected chi connectivity index (χ0v) is 11.4. The molecule has 0 aliphatic heterocycles. The van der Waals surface area contributed by atoms with Crippen LogP contribution < -0.4 is 10.1 Å². The minimum absolute atomic E-state index is 0.131. The van der Waals surface area contributed by atoms with Crippen LogP contribution in [0.1, 0.15) is 13.8 Å². The molecule has 2 aromatic rings. The predicted octanol–water partition coefficient (Wildman–Crippen LogP) is 3.46. The number of hydrogen-bond acceptors (Lipinski definition) is 2. The van der Waals surface area contributed by atoms with E-state index in [0.29, 0.717) is 6.61 Å². The molecule has 0 heterocycles. The first-order valence-electron chi connectivity index (χ1n) is 6.37. The fraction of sp³-hybridized carbons (Fsp3) is 0.375. The standard InChI is InChI=1S/C16H21NO/c1-16(2,11-17-3)12-18-15-10-6-8-13-7-4-5-9-14(13)15/h4-10,17H,11-12H2,1-3H3. The minimum Gasteiger partial charge on any atom is -0.492 e. The van der Waals surface area contributed by atoms with Gasteiger partial charge in [-0.2, -0.15) is 0 Å². The molecule has 2 heteroatoms. The maximum Gasteiger partial charge on any atom is 0.127 e. The normalized spacial score (nSPS) is 11.7. The molecule has 2 nitrogen and oxygen atoms in total. The second-order valence-electron chi connectivity index (χ2n) is 5.46. The topological polar surface area (TPSA) is 21.3 Å². The van der Waals surface area contributed by atoms with Gasteiger partial charge in [0.1, 0.15) is 5.75 Å². The first-order valence-corrected chi connectivity index (χ1v) is 6.37. The highest BCUT2D eigenvalue weighted by Crippen LogP contribution is 2.26. The summed E-state index contributed by atoms with van der Waals surface area (Å²) in [6.07, 6.45) is 0. The molecule has 0 fully saturated rings. The van der Waals surface area contributed by atoms with Crippen LogP contribution in [-0.2, 0) is 0 Å². The van der Waals surface area contributed by atoms with Crippen molar-refractivity contribution in [1.82, 2.24) is 5.32 Å². The zero-order valence-electron chi connectivity index (χ0n) is 11.4. The molecule has 2 rings (SSSR count). The smallest absolute Gasteiger partial charge is 0.127 e. The number of hydrogen-bond donors (Lipinski definition) is 1. The van der Waals surface area contributed by atoms with Crippen LogP contribution in [0, 0.1) is 5.41 Å². The van der Waals surface area contributed by atoms with E-state index in [1.165, 1.54) is 10.8 Å². The summed E-state index contributed by atoms with van der Waals surface area (Å²) in [6, 6.07) is 14.5. The summed E-state index contributed by atoms with van der Waals surface area (Å²) in [4.78, 5) is 0. The Labute approximate surface area is 109 Å². The van der Waals surface area contributed by atoms with Crippen molar-refractivity contribution < 1.29 is 4.74 Å². The Hall–Kier alpha value is -1.54. The average molecular weight is 243 g/mol. The molecule has 0 radical (unpaired) electrons. The molecule has 0 spiro atoms. The molecular formula is C16H21NO. The van der Waals surface area contributed by atoms with E-state index in [9.17, 15) is 0 Å². The van der Waals surface area contributed by atoms with Crippen LogP contribution in [0.4, 0.5) is 0 Å². The van der Waals surface area contributed by atoms with Crippen molar-refractivity contribution in [1.29, 1.82) is 0 Å². The number of fused-ring (bicyclic) bond motifs is 1. The SMILES string of the molecule is CNCC(C)(C)COc1cccc2ccccc12. The summed E-state index contributed by atoms with van der Waals surface area (Å²) < 4.78 is 6.00. The van der Waals surface area contributed by atoms with Crippen molar-refractivity contribution in [3.8, 4) is 5.75 Å². The third-order valence-electron chi connectivity index (χ3n) is 3.02. The summed E-state index contributed by atoms with van der Waals surface area (Å²) in [6.45, 7) is 6.06. The maximum absolute atomic E-state index is 6.00. The number of ether oxygens (including phenoxy) is 1. The lowest BCUT2D eigenvalue weighted by Gasteiger charge is -2.24. The van der Waals surface area contributed by atoms with Gasteiger partial charge in [-0.3, -0.25) is 0 Å². The Morgan fingerprint density at radius 1 is 1.06 bits per heavy atom. The van der Waals surface area contributed by atoms with Gasteiger partial charge in [0, 0.05) is 17.3 Å². The molecule has 0 aliphatic carbocycles. The molecule has 0 aliphatic rings. The summed E-state index contributed by atoms with van der Waals surface area (Å²) >= 11 is 0. The summed E-state index contributed by atoms with van der Waals surface area (Å²) in [5.74, 6) is 0.970. The lowest BCUT2D eigenvalue weighted by molar-refractivity contribution is 0.181. The molecule has 0 aromatic heterocycles. The van der Waals surface area contributed by atoms with Crippen LogP contribution in [-0.4, -0.2) is 20.2 Å². The van der Waals surface area contributed by atoms with Crippen LogP contribution in [0.2, 0.25) is 0 Å². The highest BCUT2D eigenvalue weighted by molar-refractivity contribution is 5.88. The Balaban J connectivity index is 2.17. The number of rotatable bonds is 5. The fourth-order valence-corrected chi connectivity index (χ4v) is 2.12. The minimum atomic E-state index is 0.131. The molecule has 2 aromatic carbocycles. The van der Waals surface area contributed by atoms with E-state index in [2.05, 4.69) is 43.4 Å². The van der Waals surface area contributed by atoms with E-state index in [0.717, 1.165) is 12.3 Å². The van der Waals surface area contributed by atoms with Gasteiger partial charge in [0.15, 0.2) is 0 Å². The van der Waals surface area contributed by atoms with E-state index >= 15 is 0 Å². The fourth-order valence-electron chi connectivity index (χ4n) is 2.12. The van der Waals surface area contributed by atoms with Crippen molar-refractivity contribution in [2.24, 2.45) is 5.41 Å². The van der Waals surface area contributed by atoms with Crippen molar-refractivity contribution in [3.63, 3.8) is 0 Å². The number of nitrogens with one attached hydrogen (secondary N) is 1. The molecule has 0 unspecified atom stereocenters. The van der Waals surface area contributed by atoms with E-state index in [4.69, 9.17) is 4.74 Å². The van der Waals surface area contributed by atoms with Crippen LogP contribution >= 0.6 is 0 Å². The highest BCUT2D eigenvalue weighted by Gasteiger charge is 2.18. The molecule has 0 atom stereocenters. The Morgan fingerprint density at radius 2 is 1.78 bits per heavy atom. The summed E-state index contributed by atoms with van der Waals surface area (Å²) in [7, 11) is 1.97. The van der Waals surface area contributed by atoms with Crippen LogP contribution in [0.15, 0.2) is 42.5 Å². The van der Waals surface area contributed by atoms with Gasteiger partial charge in [0.2, 0.25) is 0 Å². The lowest BCUT2D eigenvalue weighted by atomic mass is 9.95. The molecule has 96 valence electrons. The largest absolute Gasteiger partial charge is 0.492 e. The molecule has 0 saturated carbocycles. The van der Waals surface area contributed by atoms with Gasteiger partial charge in [-0.25, -0.2) is 0 Å². The van der Waals surface area contributed by atoms with E-state index in [1.807, 2.05) is 25.2 Å². The average Bonchev–Trinajstić information content (AvgIpc) is 2.36. The van der Waals surface area contributed by atoms with E-state index < -0.39 is 0 Å². The van der Waals surface area contributed by atoms with Crippen molar-refractivity contribution in [2.45, 2.75) is 13.8 Å². The molecule has 1 N–H and O–H groups in total. The monoisotopic (exact) mass is 243 g/mol. The Bertz CT molecular complexity index is 514. The Kier molecular flexibility index (Phi) is 3.87. The third-order valence-corrected chi connectivity index (χ3v) is 3.02. The first-order chi connectivity index (χ1) is 8.62. The predicted molar refractivity (Wildman–Crippen MR) is 77.2 cm³/mol. The van der Waals surface area contributed by atoms with Crippen LogP contribution in [0.3, 0.4) is 0 Å². The van der Waals surface area contributed by atoms with Gasteiger partial charge >= 0.3 is 0 Å². The molecular weight excluding hydrogens is 222 g/mol. The van der Waals surface area contributed by atoms with Crippen molar-refractivity contribution >= 4 is 10.8 Å². The van der Waals surface area contributed by atoms with Gasteiger partial charge in [0.25, 0.3) is 0 Å². The third kappa shape index (κ3) is 3.02. The number of benzene rings is 2. The quantitative estimate of drug-likeness (QED) is 0.868.